The van der Waals surface area contributed by atoms with Crippen molar-refractivity contribution in [1.82, 2.24) is 4.90 Å². The van der Waals surface area contributed by atoms with Crippen molar-refractivity contribution in [2.24, 2.45) is 0 Å². The summed E-state index contributed by atoms with van der Waals surface area (Å²) < 4.78 is 20.4. The van der Waals surface area contributed by atoms with Crippen molar-refractivity contribution >= 4 is 40.3 Å². The van der Waals surface area contributed by atoms with E-state index in [1.807, 2.05) is 24.3 Å². The van der Waals surface area contributed by atoms with Gasteiger partial charge in [0.1, 0.15) is 29.8 Å². The third kappa shape index (κ3) is 5.75. The van der Waals surface area contributed by atoms with E-state index < -0.39 is 0 Å². The molecule has 34 heavy (non-hydrogen) atoms. The fourth-order valence-corrected chi connectivity index (χ4v) is 4.48. The molecule has 1 aliphatic rings. The zero-order chi connectivity index (χ0) is 23.9. The Morgan fingerprint density at radius 1 is 1.03 bits per heavy atom. The van der Waals surface area contributed by atoms with Crippen LogP contribution < -0.4 is 9.64 Å². The Morgan fingerprint density at radius 2 is 1.74 bits per heavy atom. The molecule has 1 amide bonds. The first-order chi connectivity index (χ1) is 16.5. The van der Waals surface area contributed by atoms with Crippen LogP contribution in [0.15, 0.2) is 78.4 Å². The van der Waals surface area contributed by atoms with Crippen molar-refractivity contribution < 1.29 is 13.9 Å². The Bertz CT molecular complexity index is 1230. The molecule has 1 fully saturated rings. The summed E-state index contributed by atoms with van der Waals surface area (Å²) in [5, 5.41) is 9.64. The lowest BCUT2D eigenvalue weighted by atomic mass is 10.1. The number of carbonyl (C=O) groups is 1. The van der Waals surface area contributed by atoms with Gasteiger partial charge in [0.15, 0.2) is 0 Å². The van der Waals surface area contributed by atoms with E-state index in [2.05, 4.69) is 45.7 Å². The fraction of sp³-hybridized carbons (Fsp3) is 0.185. The van der Waals surface area contributed by atoms with Gasteiger partial charge in [-0.2, -0.15) is 5.26 Å². The predicted octanol–water partition coefficient (Wildman–Crippen LogP) is 5.27. The molecule has 0 radical (unpaired) electrons. The standard InChI is InChI=1S/C27H23FIN3O2/c28-24-9-5-4-6-21(24)19-34-26-11-10-20(17-25(26)29)16-22(18-30)27(33)32-14-12-31(13-15-32)23-7-2-1-3-8-23/h1-11,16-17H,12-15,19H2/b22-16-. The van der Waals surface area contributed by atoms with E-state index in [-0.39, 0.29) is 23.9 Å². The number of benzene rings is 3. The van der Waals surface area contributed by atoms with Crippen LogP contribution in [-0.2, 0) is 11.4 Å². The summed E-state index contributed by atoms with van der Waals surface area (Å²) in [5.41, 5.74) is 2.45. The number of nitrogens with zero attached hydrogens (tertiary/aromatic N) is 3. The molecule has 3 aromatic carbocycles. The van der Waals surface area contributed by atoms with Crippen LogP contribution in [0.5, 0.6) is 5.75 Å². The number of halogens is 2. The third-order valence-corrected chi connectivity index (χ3v) is 6.49. The molecule has 1 saturated heterocycles. The van der Waals surface area contributed by atoms with Crippen LogP contribution in [0.2, 0.25) is 0 Å². The van der Waals surface area contributed by atoms with Gasteiger partial charge in [-0.3, -0.25) is 4.79 Å². The number of hydrogen-bond donors (Lipinski definition) is 0. The minimum atomic E-state index is -0.307. The van der Waals surface area contributed by atoms with Gasteiger partial charge in [0.25, 0.3) is 5.91 Å². The van der Waals surface area contributed by atoms with Crippen LogP contribution in [0.1, 0.15) is 11.1 Å². The molecule has 0 bridgehead atoms. The summed E-state index contributed by atoms with van der Waals surface area (Å²) in [7, 11) is 0. The maximum atomic E-state index is 13.8. The van der Waals surface area contributed by atoms with Crippen molar-refractivity contribution in [3.63, 3.8) is 0 Å². The predicted molar refractivity (Wildman–Crippen MR) is 139 cm³/mol. The van der Waals surface area contributed by atoms with Crippen LogP contribution >= 0.6 is 22.6 Å². The smallest absolute Gasteiger partial charge is 0.264 e. The largest absolute Gasteiger partial charge is 0.488 e. The highest BCUT2D eigenvalue weighted by Gasteiger charge is 2.24. The van der Waals surface area contributed by atoms with E-state index in [1.54, 1.807) is 41.3 Å². The number of para-hydroxylation sites is 1. The second-order valence-corrected chi connectivity index (χ2v) is 9.02. The summed E-state index contributed by atoms with van der Waals surface area (Å²) >= 11 is 2.13. The molecule has 0 aromatic heterocycles. The van der Waals surface area contributed by atoms with Crippen molar-refractivity contribution in [2.75, 3.05) is 31.1 Å². The molecule has 0 aliphatic carbocycles. The summed E-state index contributed by atoms with van der Waals surface area (Å²) in [6.07, 6.45) is 1.61. The van der Waals surface area contributed by atoms with Crippen molar-refractivity contribution in [2.45, 2.75) is 6.61 Å². The Hall–Kier alpha value is -3.38. The lowest BCUT2D eigenvalue weighted by molar-refractivity contribution is -0.126. The SMILES string of the molecule is N#C/C(=C/c1ccc(OCc2ccccc2F)c(I)c1)C(=O)N1CCN(c2ccccc2)CC1. The minimum Gasteiger partial charge on any atom is -0.488 e. The van der Waals surface area contributed by atoms with E-state index in [0.717, 1.165) is 27.9 Å². The van der Waals surface area contributed by atoms with Gasteiger partial charge < -0.3 is 14.5 Å². The highest BCUT2D eigenvalue weighted by atomic mass is 127. The number of anilines is 1. The van der Waals surface area contributed by atoms with Gasteiger partial charge in [0.2, 0.25) is 0 Å². The number of amides is 1. The molecule has 0 unspecified atom stereocenters. The third-order valence-electron chi connectivity index (χ3n) is 5.65. The molecule has 5 nitrogen and oxygen atoms in total. The van der Waals surface area contributed by atoms with Crippen LogP contribution in [0.4, 0.5) is 10.1 Å². The maximum Gasteiger partial charge on any atom is 0.264 e. The minimum absolute atomic E-state index is 0.101. The molecule has 3 aromatic rings. The Morgan fingerprint density at radius 3 is 2.41 bits per heavy atom. The topological polar surface area (TPSA) is 56.6 Å². The van der Waals surface area contributed by atoms with E-state index in [4.69, 9.17) is 4.74 Å². The molecule has 7 heteroatoms. The van der Waals surface area contributed by atoms with Gasteiger partial charge in [0.05, 0.1) is 3.57 Å². The van der Waals surface area contributed by atoms with Gasteiger partial charge in [-0.15, -0.1) is 0 Å². The van der Waals surface area contributed by atoms with E-state index >= 15 is 0 Å². The Kier molecular flexibility index (Phi) is 7.80. The molecule has 4 rings (SSSR count). The highest BCUT2D eigenvalue weighted by molar-refractivity contribution is 14.1. The second kappa shape index (κ2) is 11.2. The first kappa shape index (κ1) is 23.8. The molecule has 0 atom stereocenters. The first-order valence-electron chi connectivity index (χ1n) is 10.9. The zero-order valence-electron chi connectivity index (χ0n) is 18.5. The lowest BCUT2D eigenvalue weighted by Crippen LogP contribution is -2.49. The number of nitriles is 1. The monoisotopic (exact) mass is 567 g/mol. The van der Waals surface area contributed by atoms with Gasteiger partial charge in [0, 0.05) is 37.4 Å². The fourth-order valence-electron chi connectivity index (χ4n) is 3.78. The molecule has 0 spiro atoms. The van der Waals surface area contributed by atoms with E-state index in [1.165, 1.54) is 6.07 Å². The number of hydrogen-bond acceptors (Lipinski definition) is 4. The number of carbonyl (C=O) groups excluding carboxylic acids is 1. The quantitative estimate of drug-likeness (QED) is 0.232. The summed E-state index contributed by atoms with van der Waals surface area (Å²) in [5.74, 6) is 0.0480. The highest BCUT2D eigenvalue weighted by Crippen LogP contribution is 2.25. The lowest BCUT2D eigenvalue weighted by Gasteiger charge is -2.36. The average molecular weight is 567 g/mol. The van der Waals surface area contributed by atoms with Gasteiger partial charge in [-0.25, -0.2) is 4.39 Å². The Labute approximate surface area is 212 Å². The number of rotatable bonds is 6. The van der Waals surface area contributed by atoms with Gasteiger partial charge >= 0.3 is 0 Å². The van der Waals surface area contributed by atoms with Crippen LogP contribution in [-0.4, -0.2) is 37.0 Å². The van der Waals surface area contributed by atoms with Crippen molar-refractivity contribution in [3.05, 3.63) is 98.9 Å². The zero-order valence-corrected chi connectivity index (χ0v) is 20.6. The molecular weight excluding hydrogens is 544 g/mol. The molecular formula is C27H23FIN3O2. The Balaban J connectivity index is 1.40. The second-order valence-electron chi connectivity index (χ2n) is 7.85. The van der Waals surface area contributed by atoms with Gasteiger partial charge in [-0.1, -0.05) is 42.5 Å². The number of piperazine rings is 1. The van der Waals surface area contributed by atoms with E-state index in [0.29, 0.717) is 24.4 Å². The number of ether oxygens (including phenoxy) is 1. The molecule has 0 N–H and O–H groups in total. The molecule has 1 aliphatic heterocycles. The van der Waals surface area contributed by atoms with Crippen molar-refractivity contribution in [1.29, 1.82) is 5.26 Å². The molecule has 172 valence electrons. The van der Waals surface area contributed by atoms with Gasteiger partial charge in [-0.05, 0) is 64.6 Å². The molecule has 1 heterocycles. The normalized spacial score (nSPS) is 14.0. The average Bonchev–Trinajstić information content (AvgIpc) is 2.88. The van der Waals surface area contributed by atoms with Crippen molar-refractivity contribution in [3.8, 4) is 11.8 Å². The first-order valence-corrected chi connectivity index (χ1v) is 12.0. The van der Waals surface area contributed by atoms with Crippen LogP contribution in [0.25, 0.3) is 6.08 Å². The molecule has 0 saturated carbocycles. The van der Waals surface area contributed by atoms with E-state index in [9.17, 15) is 14.4 Å². The van der Waals surface area contributed by atoms with Crippen LogP contribution in [0, 0.1) is 20.7 Å². The summed E-state index contributed by atoms with van der Waals surface area (Å²) in [6, 6.07) is 24.1. The van der Waals surface area contributed by atoms with Crippen LogP contribution in [0.3, 0.4) is 0 Å². The maximum absolute atomic E-state index is 13.8. The summed E-state index contributed by atoms with van der Waals surface area (Å²) in [4.78, 5) is 16.9. The summed E-state index contributed by atoms with van der Waals surface area (Å²) in [6.45, 7) is 2.69.